The monoisotopic (exact) mass is 362 g/mol. The minimum Gasteiger partial charge on any atom is -0.483 e. The van der Waals surface area contributed by atoms with Gasteiger partial charge in [-0.3, -0.25) is 9.59 Å². The number of carboxylic acid groups (broad SMARTS) is 1. The third kappa shape index (κ3) is 5.78. The highest BCUT2D eigenvalue weighted by Crippen LogP contribution is 2.25. The number of rotatable bonds is 7. The minimum atomic E-state index is -1.42. The topological polar surface area (TPSA) is 119 Å². The van der Waals surface area contributed by atoms with Crippen molar-refractivity contribution in [3.8, 4) is 5.75 Å². The van der Waals surface area contributed by atoms with Crippen LogP contribution < -0.4 is 15.8 Å². The van der Waals surface area contributed by atoms with E-state index in [1.807, 2.05) is 0 Å². The number of nitrogens with two attached hydrogens (primary N) is 1. The van der Waals surface area contributed by atoms with E-state index in [-0.39, 0.29) is 5.75 Å². The average molecular weight is 363 g/mol. The third-order valence-corrected chi connectivity index (χ3v) is 2.91. The molecule has 114 valence electrons. The van der Waals surface area contributed by atoms with Gasteiger partial charge in [-0.25, -0.2) is 9.18 Å². The number of primary amides is 1. The summed E-state index contributed by atoms with van der Waals surface area (Å²) in [4.78, 5) is 33.1. The Morgan fingerprint density at radius 3 is 2.62 bits per heavy atom. The summed E-state index contributed by atoms with van der Waals surface area (Å²) in [5, 5.41) is 10.9. The molecule has 4 N–H and O–H groups in total. The average Bonchev–Trinajstić information content (AvgIpc) is 2.36. The molecule has 0 aromatic heterocycles. The summed E-state index contributed by atoms with van der Waals surface area (Å²) in [7, 11) is 0. The zero-order valence-electron chi connectivity index (χ0n) is 10.6. The van der Waals surface area contributed by atoms with Gasteiger partial charge in [0.25, 0.3) is 5.91 Å². The van der Waals surface area contributed by atoms with Gasteiger partial charge in [0.2, 0.25) is 5.91 Å². The molecule has 0 heterocycles. The number of benzene rings is 1. The largest absolute Gasteiger partial charge is 0.483 e. The van der Waals surface area contributed by atoms with Gasteiger partial charge in [-0.05, 0) is 34.1 Å². The number of nitrogens with one attached hydrogen (secondary N) is 1. The molecule has 0 spiro atoms. The molecule has 21 heavy (non-hydrogen) atoms. The number of hydrogen-bond acceptors (Lipinski definition) is 4. The first kappa shape index (κ1) is 16.9. The Morgan fingerprint density at radius 1 is 1.43 bits per heavy atom. The number of carbonyl (C=O) groups is 3. The fraction of sp³-hybridized carbons (Fsp3) is 0.250. The first-order valence-corrected chi connectivity index (χ1v) is 6.47. The van der Waals surface area contributed by atoms with Crippen LogP contribution in [0.3, 0.4) is 0 Å². The Hall–Kier alpha value is -2.16. The van der Waals surface area contributed by atoms with Crippen LogP contribution in [0.1, 0.15) is 6.42 Å². The van der Waals surface area contributed by atoms with Crippen molar-refractivity contribution in [2.45, 2.75) is 12.5 Å². The zero-order valence-corrected chi connectivity index (χ0v) is 12.2. The molecule has 2 amide bonds. The van der Waals surface area contributed by atoms with Crippen LogP contribution in [0.2, 0.25) is 0 Å². The molecule has 1 aromatic rings. The van der Waals surface area contributed by atoms with E-state index in [9.17, 15) is 18.8 Å². The van der Waals surface area contributed by atoms with E-state index in [4.69, 9.17) is 15.6 Å². The molecule has 0 radical (unpaired) electrons. The molecule has 0 unspecified atom stereocenters. The highest BCUT2D eigenvalue weighted by Gasteiger charge is 2.22. The lowest BCUT2D eigenvalue weighted by atomic mass is 10.2. The predicted molar refractivity (Wildman–Crippen MR) is 73.0 cm³/mol. The number of hydrogen-bond donors (Lipinski definition) is 3. The van der Waals surface area contributed by atoms with Crippen molar-refractivity contribution in [3.05, 3.63) is 28.5 Å². The lowest BCUT2D eigenvalue weighted by molar-refractivity contribution is -0.143. The fourth-order valence-corrected chi connectivity index (χ4v) is 1.84. The lowest BCUT2D eigenvalue weighted by Crippen LogP contribution is -2.45. The summed E-state index contributed by atoms with van der Waals surface area (Å²) < 4.78 is 18.3. The van der Waals surface area contributed by atoms with Gasteiger partial charge in [0.15, 0.2) is 6.61 Å². The van der Waals surface area contributed by atoms with Gasteiger partial charge < -0.3 is 20.9 Å². The molecule has 0 aliphatic heterocycles. The Bertz CT molecular complexity index is 567. The second-order valence-electron chi connectivity index (χ2n) is 3.99. The zero-order chi connectivity index (χ0) is 16.0. The normalized spacial score (nSPS) is 11.5. The molecule has 7 nitrogen and oxygen atoms in total. The van der Waals surface area contributed by atoms with Crippen molar-refractivity contribution in [2.75, 3.05) is 6.61 Å². The Kier molecular flexibility index (Phi) is 6.10. The summed E-state index contributed by atoms with van der Waals surface area (Å²) >= 11 is 3.05. The molecule has 0 bridgehead atoms. The summed E-state index contributed by atoms with van der Waals surface area (Å²) in [5.41, 5.74) is 4.88. The molecule has 0 saturated heterocycles. The van der Waals surface area contributed by atoms with E-state index in [1.165, 1.54) is 6.07 Å². The van der Waals surface area contributed by atoms with Crippen molar-refractivity contribution < 1.29 is 28.6 Å². The molecule has 1 aromatic carbocycles. The van der Waals surface area contributed by atoms with E-state index in [2.05, 4.69) is 21.2 Å². The molecular formula is C12H12BrFN2O5. The summed E-state index contributed by atoms with van der Waals surface area (Å²) in [6, 6.07) is 2.19. The Morgan fingerprint density at radius 2 is 2.10 bits per heavy atom. The van der Waals surface area contributed by atoms with E-state index in [0.29, 0.717) is 4.47 Å². The quantitative estimate of drug-likeness (QED) is 0.649. The number of carboxylic acids is 1. The standard InChI is InChI=1S/C12H12BrFN2O5/c13-7-3-6(14)1-2-9(7)21-5-11(18)16-8(12(19)20)4-10(15)17/h1-3,8H,4-5H2,(H2,15,17)(H,16,18)(H,19,20)/t8-/m0/s1. The van der Waals surface area contributed by atoms with Crippen molar-refractivity contribution in [2.24, 2.45) is 5.73 Å². The van der Waals surface area contributed by atoms with Crippen LogP contribution in [0.5, 0.6) is 5.75 Å². The number of carbonyl (C=O) groups excluding carboxylic acids is 2. The van der Waals surface area contributed by atoms with E-state index in [0.717, 1.165) is 12.1 Å². The van der Waals surface area contributed by atoms with Crippen molar-refractivity contribution >= 4 is 33.7 Å². The Balaban J connectivity index is 2.56. The summed E-state index contributed by atoms with van der Waals surface area (Å²) in [5.74, 6) is -3.26. The van der Waals surface area contributed by atoms with Crippen molar-refractivity contribution in [3.63, 3.8) is 0 Å². The van der Waals surface area contributed by atoms with Crippen molar-refractivity contribution in [1.29, 1.82) is 0 Å². The van der Waals surface area contributed by atoms with Crippen LogP contribution >= 0.6 is 15.9 Å². The van der Waals surface area contributed by atoms with Crippen LogP contribution in [0.4, 0.5) is 4.39 Å². The van der Waals surface area contributed by atoms with Crippen LogP contribution in [0, 0.1) is 5.82 Å². The summed E-state index contributed by atoms with van der Waals surface area (Å²) in [6.07, 6.45) is -0.526. The van der Waals surface area contributed by atoms with Gasteiger partial charge in [-0.2, -0.15) is 0 Å². The van der Waals surface area contributed by atoms with Gasteiger partial charge in [0, 0.05) is 0 Å². The number of amides is 2. The van der Waals surface area contributed by atoms with Gasteiger partial charge in [0.1, 0.15) is 17.6 Å². The maximum absolute atomic E-state index is 12.9. The van der Waals surface area contributed by atoms with Gasteiger partial charge in [0.05, 0.1) is 10.9 Å². The van der Waals surface area contributed by atoms with Crippen molar-refractivity contribution in [1.82, 2.24) is 5.32 Å². The SMILES string of the molecule is NC(=O)C[C@H](NC(=O)COc1ccc(F)cc1Br)C(=O)O. The second kappa shape index (κ2) is 7.58. The number of halogens is 2. The molecule has 0 fully saturated rings. The highest BCUT2D eigenvalue weighted by atomic mass is 79.9. The van der Waals surface area contributed by atoms with Crippen LogP contribution in [0.15, 0.2) is 22.7 Å². The Labute approximate surface area is 127 Å². The number of ether oxygens (including phenoxy) is 1. The molecule has 1 rings (SSSR count). The number of aliphatic carboxylic acids is 1. The smallest absolute Gasteiger partial charge is 0.326 e. The van der Waals surface area contributed by atoms with Gasteiger partial charge >= 0.3 is 5.97 Å². The van der Waals surface area contributed by atoms with Crippen LogP contribution in [0.25, 0.3) is 0 Å². The fourth-order valence-electron chi connectivity index (χ4n) is 1.37. The maximum atomic E-state index is 12.9. The highest BCUT2D eigenvalue weighted by molar-refractivity contribution is 9.10. The van der Waals surface area contributed by atoms with Crippen LogP contribution in [-0.4, -0.2) is 35.5 Å². The minimum absolute atomic E-state index is 0.216. The van der Waals surface area contributed by atoms with Crippen LogP contribution in [-0.2, 0) is 14.4 Å². The first-order valence-electron chi connectivity index (χ1n) is 5.68. The molecular weight excluding hydrogens is 351 g/mol. The van der Waals surface area contributed by atoms with E-state index >= 15 is 0 Å². The maximum Gasteiger partial charge on any atom is 0.326 e. The predicted octanol–water partition coefficient (Wildman–Crippen LogP) is 0.412. The molecule has 9 heteroatoms. The summed E-state index contributed by atoms with van der Waals surface area (Å²) in [6.45, 7) is -0.493. The van der Waals surface area contributed by atoms with E-state index in [1.54, 1.807) is 0 Å². The lowest BCUT2D eigenvalue weighted by Gasteiger charge is -2.13. The first-order chi connectivity index (χ1) is 9.79. The second-order valence-corrected chi connectivity index (χ2v) is 4.85. The van der Waals surface area contributed by atoms with E-state index < -0.39 is 42.7 Å². The van der Waals surface area contributed by atoms with Gasteiger partial charge in [-0.1, -0.05) is 0 Å². The molecule has 0 saturated carbocycles. The van der Waals surface area contributed by atoms with Gasteiger partial charge in [-0.15, -0.1) is 0 Å². The molecule has 0 aliphatic rings. The molecule has 0 aliphatic carbocycles. The molecule has 1 atom stereocenters. The third-order valence-electron chi connectivity index (χ3n) is 2.29.